The van der Waals surface area contributed by atoms with Crippen LogP contribution < -0.4 is 0 Å². The maximum absolute atomic E-state index is 12.6. The molecule has 8 heteroatoms. The van der Waals surface area contributed by atoms with E-state index in [-0.39, 0.29) is 17.7 Å². The fraction of sp³-hybridized carbons (Fsp3) is 0.192. The van der Waals surface area contributed by atoms with Gasteiger partial charge in [-0.25, -0.2) is 14.4 Å². The minimum Gasteiger partial charge on any atom is -0.459 e. The fourth-order valence-corrected chi connectivity index (χ4v) is 3.41. The first-order valence-electron chi connectivity index (χ1n) is 10.6. The van der Waals surface area contributed by atoms with E-state index in [0.717, 1.165) is 0 Å². The number of hydrogen-bond acceptors (Lipinski definition) is 8. The summed E-state index contributed by atoms with van der Waals surface area (Å²) < 4.78 is 21.8. The minimum atomic E-state index is -1.50. The Kier molecular flexibility index (Phi) is 7.31. The normalized spacial score (nSPS) is 21.4. The van der Waals surface area contributed by atoms with Crippen molar-refractivity contribution in [3.8, 4) is 0 Å². The summed E-state index contributed by atoms with van der Waals surface area (Å²) >= 11 is 0. The zero-order valence-electron chi connectivity index (χ0n) is 18.0. The molecule has 3 aromatic rings. The third kappa shape index (κ3) is 5.48. The smallest absolute Gasteiger partial charge is 0.340 e. The second-order valence-electron chi connectivity index (χ2n) is 7.51. The van der Waals surface area contributed by atoms with Crippen LogP contribution in [-0.4, -0.2) is 54.2 Å². The first-order chi connectivity index (χ1) is 16.5. The van der Waals surface area contributed by atoms with Crippen LogP contribution in [-0.2, 0) is 18.9 Å². The average molecular weight is 462 g/mol. The first kappa shape index (κ1) is 23.2. The van der Waals surface area contributed by atoms with Gasteiger partial charge in [-0.15, -0.1) is 0 Å². The molecule has 1 aliphatic rings. The molecule has 0 aromatic heterocycles. The van der Waals surface area contributed by atoms with Gasteiger partial charge in [0, 0.05) is 0 Å². The number of ether oxygens (including phenoxy) is 4. The summed E-state index contributed by atoms with van der Waals surface area (Å²) in [6, 6.07) is 24.7. The Hall–Kier alpha value is -4.01. The largest absolute Gasteiger partial charge is 0.459 e. The summed E-state index contributed by atoms with van der Waals surface area (Å²) in [5, 5.41) is 10.8. The van der Waals surface area contributed by atoms with Crippen molar-refractivity contribution in [2.24, 2.45) is 0 Å². The molecule has 4 rings (SSSR count). The topological polar surface area (TPSA) is 108 Å². The Bertz CT molecular complexity index is 1120. The first-order valence-corrected chi connectivity index (χ1v) is 10.6. The van der Waals surface area contributed by atoms with Crippen molar-refractivity contribution in [2.45, 2.75) is 24.6 Å². The van der Waals surface area contributed by atoms with Crippen LogP contribution in [0, 0.1) is 0 Å². The molecule has 1 fully saturated rings. The van der Waals surface area contributed by atoms with Gasteiger partial charge in [0.2, 0.25) is 6.29 Å². The van der Waals surface area contributed by atoms with E-state index >= 15 is 0 Å². The Labute approximate surface area is 195 Å². The quantitative estimate of drug-likeness (QED) is 0.422. The molecule has 1 heterocycles. The van der Waals surface area contributed by atoms with Crippen molar-refractivity contribution in [3.05, 3.63) is 108 Å². The molecule has 0 saturated carbocycles. The highest BCUT2D eigenvalue weighted by Gasteiger charge is 2.49. The monoisotopic (exact) mass is 462 g/mol. The second kappa shape index (κ2) is 10.7. The Morgan fingerprint density at radius 2 is 1.12 bits per heavy atom. The molecular weight excluding hydrogens is 440 g/mol. The molecule has 34 heavy (non-hydrogen) atoms. The van der Waals surface area contributed by atoms with Crippen LogP contribution in [0.5, 0.6) is 0 Å². The molecule has 3 aromatic carbocycles. The molecule has 1 saturated heterocycles. The van der Waals surface area contributed by atoms with Gasteiger partial charge in [-0.05, 0) is 36.4 Å². The molecular formula is C26H22O8. The highest BCUT2D eigenvalue weighted by molar-refractivity contribution is 5.90. The lowest BCUT2D eigenvalue weighted by Crippen LogP contribution is -2.40. The van der Waals surface area contributed by atoms with Crippen molar-refractivity contribution in [3.63, 3.8) is 0 Å². The number of esters is 3. The van der Waals surface area contributed by atoms with Gasteiger partial charge in [0.05, 0.1) is 16.7 Å². The summed E-state index contributed by atoms with van der Waals surface area (Å²) in [5.74, 6) is -2.04. The van der Waals surface area contributed by atoms with Gasteiger partial charge >= 0.3 is 17.9 Å². The van der Waals surface area contributed by atoms with Crippen molar-refractivity contribution in [1.82, 2.24) is 0 Å². The number of aliphatic hydroxyl groups is 1. The number of hydrogen-bond donors (Lipinski definition) is 1. The Morgan fingerprint density at radius 1 is 0.676 bits per heavy atom. The molecule has 4 atom stereocenters. The molecule has 0 radical (unpaired) electrons. The van der Waals surface area contributed by atoms with E-state index < -0.39 is 42.5 Å². The second-order valence-corrected chi connectivity index (χ2v) is 7.51. The molecule has 0 spiro atoms. The lowest BCUT2D eigenvalue weighted by Gasteiger charge is -2.20. The van der Waals surface area contributed by atoms with E-state index in [1.165, 1.54) is 0 Å². The van der Waals surface area contributed by atoms with Crippen LogP contribution in [0.1, 0.15) is 31.1 Å². The SMILES string of the molecule is O=C(OCC1OC(OC(=O)c2ccccc2)C(O)C1OC(=O)c1ccccc1)c1ccccc1. The van der Waals surface area contributed by atoms with Crippen LogP contribution in [0.4, 0.5) is 0 Å². The zero-order valence-corrected chi connectivity index (χ0v) is 18.0. The number of carbonyl (C=O) groups excluding carboxylic acids is 3. The lowest BCUT2D eigenvalue weighted by molar-refractivity contribution is -0.139. The van der Waals surface area contributed by atoms with Crippen LogP contribution >= 0.6 is 0 Å². The summed E-state index contributed by atoms with van der Waals surface area (Å²) in [6.45, 7) is -0.336. The van der Waals surface area contributed by atoms with Gasteiger partial charge in [0.15, 0.2) is 12.2 Å². The standard InChI is InChI=1S/C26H22O8/c27-21-22(33-24(29)18-12-6-2-7-13-18)20(16-31-23(28)17-10-4-1-5-11-17)32-26(21)34-25(30)19-14-8-3-9-15-19/h1-15,20-22,26-27H,16H2. The predicted molar refractivity (Wildman–Crippen MR) is 119 cm³/mol. The van der Waals surface area contributed by atoms with Crippen molar-refractivity contribution >= 4 is 17.9 Å². The van der Waals surface area contributed by atoms with Crippen molar-refractivity contribution < 1.29 is 38.4 Å². The summed E-state index contributed by atoms with van der Waals surface area (Å²) in [4.78, 5) is 37.4. The molecule has 4 unspecified atom stereocenters. The van der Waals surface area contributed by atoms with Gasteiger partial charge in [-0.3, -0.25) is 0 Å². The van der Waals surface area contributed by atoms with Crippen molar-refractivity contribution in [1.29, 1.82) is 0 Å². The van der Waals surface area contributed by atoms with E-state index in [4.69, 9.17) is 18.9 Å². The van der Waals surface area contributed by atoms with Gasteiger partial charge in [0.25, 0.3) is 0 Å². The summed E-state index contributed by atoms with van der Waals surface area (Å²) in [5.41, 5.74) is 0.848. The third-order valence-electron chi connectivity index (χ3n) is 5.16. The van der Waals surface area contributed by atoms with E-state index in [1.807, 2.05) is 0 Å². The zero-order chi connectivity index (χ0) is 23.9. The van der Waals surface area contributed by atoms with Crippen LogP contribution in [0.15, 0.2) is 91.0 Å². The van der Waals surface area contributed by atoms with Gasteiger partial charge in [-0.2, -0.15) is 0 Å². The van der Waals surface area contributed by atoms with Crippen LogP contribution in [0.25, 0.3) is 0 Å². The van der Waals surface area contributed by atoms with E-state index in [2.05, 4.69) is 0 Å². The number of rotatable bonds is 7. The van der Waals surface area contributed by atoms with Gasteiger partial charge in [0.1, 0.15) is 12.7 Å². The molecule has 0 bridgehead atoms. The molecule has 1 N–H and O–H groups in total. The molecule has 0 amide bonds. The summed E-state index contributed by atoms with van der Waals surface area (Å²) in [6.07, 6.45) is -5.24. The predicted octanol–water partition coefficient (Wildman–Crippen LogP) is 3.01. The Morgan fingerprint density at radius 3 is 1.62 bits per heavy atom. The highest BCUT2D eigenvalue weighted by atomic mass is 16.7. The molecule has 174 valence electrons. The van der Waals surface area contributed by atoms with E-state index in [9.17, 15) is 19.5 Å². The molecule has 8 nitrogen and oxygen atoms in total. The maximum Gasteiger partial charge on any atom is 0.340 e. The molecule has 1 aliphatic heterocycles. The third-order valence-corrected chi connectivity index (χ3v) is 5.16. The Balaban J connectivity index is 1.47. The maximum atomic E-state index is 12.6. The number of carbonyl (C=O) groups is 3. The number of benzene rings is 3. The van der Waals surface area contributed by atoms with Gasteiger partial charge < -0.3 is 24.1 Å². The van der Waals surface area contributed by atoms with Crippen molar-refractivity contribution in [2.75, 3.05) is 6.61 Å². The van der Waals surface area contributed by atoms with Crippen LogP contribution in [0.3, 0.4) is 0 Å². The van der Waals surface area contributed by atoms with Gasteiger partial charge in [-0.1, -0.05) is 54.6 Å². The lowest BCUT2D eigenvalue weighted by atomic mass is 10.1. The fourth-order valence-electron chi connectivity index (χ4n) is 3.41. The highest BCUT2D eigenvalue weighted by Crippen LogP contribution is 2.27. The minimum absolute atomic E-state index is 0.259. The van der Waals surface area contributed by atoms with E-state index in [0.29, 0.717) is 5.56 Å². The number of aliphatic hydroxyl groups excluding tert-OH is 1. The summed E-state index contributed by atoms with van der Waals surface area (Å²) in [7, 11) is 0. The van der Waals surface area contributed by atoms with E-state index in [1.54, 1.807) is 91.0 Å². The average Bonchev–Trinajstić information content (AvgIpc) is 3.17. The van der Waals surface area contributed by atoms with Crippen LogP contribution in [0.2, 0.25) is 0 Å². The molecule has 0 aliphatic carbocycles.